The number of nitrogens with zero attached hydrogens (tertiary/aromatic N) is 3. The number of aromatic nitrogens is 2. The summed E-state index contributed by atoms with van der Waals surface area (Å²) in [5.41, 5.74) is 2.05. The lowest BCUT2D eigenvalue weighted by Gasteiger charge is -2.08. The molecule has 0 saturated carbocycles. The van der Waals surface area contributed by atoms with E-state index in [2.05, 4.69) is 27.0 Å². The quantitative estimate of drug-likeness (QED) is 0.846. The highest BCUT2D eigenvalue weighted by molar-refractivity contribution is 9.10. The Morgan fingerprint density at radius 1 is 1.50 bits per heavy atom. The van der Waals surface area contributed by atoms with Gasteiger partial charge in [0, 0.05) is 16.9 Å². The van der Waals surface area contributed by atoms with Crippen LogP contribution < -0.4 is 0 Å². The minimum absolute atomic E-state index is 0.432. The molecule has 0 aliphatic rings. The van der Waals surface area contributed by atoms with Crippen molar-refractivity contribution in [3.8, 4) is 11.8 Å². The zero-order chi connectivity index (χ0) is 11.5. The lowest BCUT2D eigenvalue weighted by atomic mass is 10.1. The number of nitriles is 1. The summed E-state index contributed by atoms with van der Waals surface area (Å²) in [6, 6.07) is 8.06. The van der Waals surface area contributed by atoms with Gasteiger partial charge in [0.15, 0.2) is 0 Å². The molecule has 0 aliphatic heterocycles. The lowest BCUT2D eigenvalue weighted by molar-refractivity contribution is 0.967. The maximum Gasteiger partial charge on any atom is 0.110 e. The van der Waals surface area contributed by atoms with Crippen LogP contribution in [0.1, 0.15) is 11.4 Å². The maximum absolute atomic E-state index is 8.63. The molecule has 80 valence electrons. The third-order valence-electron chi connectivity index (χ3n) is 2.38. The molecular weight excluding hydrogens is 266 g/mol. The van der Waals surface area contributed by atoms with Crippen molar-refractivity contribution < 1.29 is 0 Å². The van der Waals surface area contributed by atoms with Crippen molar-refractivity contribution in [3.63, 3.8) is 0 Å². The summed E-state index contributed by atoms with van der Waals surface area (Å²) in [6.07, 6.45) is 4.12. The van der Waals surface area contributed by atoms with Gasteiger partial charge in [0.05, 0.1) is 18.2 Å². The summed E-state index contributed by atoms with van der Waals surface area (Å²) in [5, 5.41) is 8.63. The van der Waals surface area contributed by atoms with Crippen molar-refractivity contribution in [3.05, 3.63) is 46.5 Å². The summed E-state index contributed by atoms with van der Waals surface area (Å²) in [5.74, 6) is 0.939. The molecule has 0 radical (unpaired) electrons. The van der Waals surface area contributed by atoms with E-state index < -0.39 is 0 Å². The van der Waals surface area contributed by atoms with Crippen molar-refractivity contribution in [2.24, 2.45) is 0 Å². The van der Waals surface area contributed by atoms with Crippen LogP contribution >= 0.6 is 15.9 Å². The Balaban J connectivity index is 2.45. The van der Waals surface area contributed by atoms with E-state index in [1.54, 1.807) is 6.20 Å². The number of halogens is 1. The average Bonchev–Trinajstić information content (AvgIpc) is 2.65. The highest BCUT2D eigenvalue weighted by atomic mass is 79.9. The fraction of sp³-hybridized carbons (Fsp3) is 0.167. The number of hydrogen-bond acceptors (Lipinski definition) is 2. The molecule has 0 aliphatic carbocycles. The predicted molar refractivity (Wildman–Crippen MR) is 65.3 cm³/mol. The first-order valence-corrected chi connectivity index (χ1v) is 5.67. The summed E-state index contributed by atoms with van der Waals surface area (Å²) in [6.45, 7) is 1.95. The van der Waals surface area contributed by atoms with Gasteiger partial charge in [-0.2, -0.15) is 5.26 Å². The van der Waals surface area contributed by atoms with Crippen LogP contribution in [0.3, 0.4) is 0 Å². The minimum atomic E-state index is 0.432. The minimum Gasteiger partial charge on any atom is -0.303 e. The molecule has 0 saturated heterocycles. The zero-order valence-corrected chi connectivity index (χ0v) is 10.4. The van der Waals surface area contributed by atoms with Crippen LogP contribution in [-0.2, 0) is 6.42 Å². The number of hydrogen-bond donors (Lipinski definition) is 0. The van der Waals surface area contributed by atoms with E-state index in [9.17, 15) is 0 Å². The molecule has 0 spiro atoms. The van der Waals surface area contributed by atoms with Gasteiger partial charge in [-0.1, -0.05) is 6.07 Å². The monoisotopic (exact) mass is 275 g/mol. The first-order chi connectivity index (χ1) is 7.72. The van der Waals surface area contributed by atoms with E-state index in [1.807, 2.05) is 35.9 Å². The molecule has 0 bridgehead atoms. The SMILES string of the molecule is Cc1nccn1-c1ccc(CC#N)cc1Br. The van der Waals surface area contributed by atoms with Gasteiger partial charge in [0.1, 0.15) is 5.82 Å². The van der Waals surface area contributed by atoms with E-state index in [1.165, 1.54) is 0 Å². The fourth-order valence-electron chi connectivity index (χ4n) is 1.58. The average molecular weight is 276 g/mol. The van der Waals surface area contributed by atoms with E-state index in [0.29, 0.717) is 6.42 Å². The number of benzene rings is 1. The number of rotatable bonds is 2. The smallest absolute Gasteiger partial charge is 0.110 e. The molecule has 0 fully saturated rings. The predicted octanol–water partition coefficient (Wildman–Crippen LogP) is 3.01. The largest absolute Gasteiger partial charge is 0.303 e. The molecule has 4 heteroatoms. The summed E-state index contributed by atoms with van der Waals surface area (Å²) >= 11 is 3.51. The van der Waals surface area contributed by atoms with Crippen LogP contribution in [0.5, 0.6) is 0 Å². The standard InChI is InChI=1S/C12H10BrN3/c1-9-15-6-7-16(9)12-3-2-10(4-5-14)8-11(12)13/h2-3,6-8H,4H2,1H3. The summed E-state index contributed by atoms with van der Waals surface area (Å²) in [7, 11) is 0. The molecular formula is C12H10BrN3. The molecule has 0 N–H and O–H groups in total. The second-order valence-electron chi connectivity index (χ2n) is 3.47. The van der Waals surface area contributed by atoms with Gasteiger partial charge in [-0.25, -0.2) is 4.98 Å². The molecule has 0 amide bonds. The molecule has 0 unspecified atom stereocenters. The van der Waals surface area contributed by atoms with Crippen molar-refractivity contribution in [1.82, 2.24) is 9.55 Å². The van der Waals surface area contributed by atoms with E-state index in [0.717, 1.165) is 21.5 Å². The van der Waals surface area contributed by atoms with Gasteiger partial charge < -0.3 is 4.57 Å². The Morgan fingerprint density at radius 3 is 2.88 bits per heavy atom. The fourth-order valence-corrected chi connectivity index (χ4v) is 2.20. The first kappa shape index (κ1) is 10.9. The molecule has 3 nitrogen and oxygen atoms in total. The van der Waals surface area contributed by atoms with Gasteiger partial charge in [0.25, 0.3) is 0 Å². The van der Waals surface area contributed by atoms with Crippen LogP contribution in [0.25, 0.3) is 5.69 Å². The zero-order valence-electron chi connectivity index (χ0n) is 8.81. The molecule has 2 rings (SSSR count). The maximum atomic E-state index is 8.63. The third kappa shape index (κ3) is 2.00. The Kier molecular flexibility index (Phi) is 3.07. The molecule has 1 heterocycles. The van der Waals surface area contributed by atoms with Gasteiger partial charge in [-0.3, -0.25) is 0 Å². The van der Waals surface area contributed by atoms with Crippen LogP contribution in [0, 0.1) is 18.3 Å². The lowest BCUT2D eigenvalue weighted by Crippen LogP contribution is -1.97. The Morgan fingerprint density at radius 2 is 2.31 bits per heavy atom. The van der Waals surface area contributed by atoms with Crippen LogP contribution in [0.4, 0.5) is 0 Å². The van der Waals surface area contributed by atoms with Gasteiger partial charge in [0.2, 0.25) is 0 Å². The second kappa shape index (κ2) is 4.50. The van der Waals surface area contributed by atoms with Crippen LogP contribution in [-0.4, -0.2) is 9.55 Å². The highest BCUT2D eigenvalue weighted by Gasteiger charge is 2.05. The first-order valence-electron chi connectivity index (χ1n) is 4.88. The van der Waals surface area contributed by atoms with E-state index >= 15 is 0 Å². The highest BCUT2D eigenvalue weighted by Crippen LogP contribution is 2.23. The second-order valence-corrected chi connectivity index (χ2v) is 4.32. The van der Waals surface area contributed by atoms with Crippen molar-refractivity contribution >= 4 is 15.9 Å². The number of imidazole rings is 1. The number of aryl methyl sites for hydroxylation is 1. The molecule has 1 aromatic heterocycles. The Labute approximate surface area is 102 Å². The van der Waals surface area contributed by atoms with Crippen LogP contribution in [0.15, 0.2) is 35.1 Å². The van der Waals surface area contributed by atoms with Crippen molar-refractivity contribution in [2.45, 2.75) is 13.3 Å². The summed E-state index contributed by atoms with van der Waals surface area (Å²) < 4.78 is 2.97. The Bertz CT molecular complexity index is 552. The third-order valence-corrected chi connectivity index (χ3v) is 3.02. The van der Waals surface area contributed by atoms with E-state index in [4.69, 9.17) is 5.26 Å². The molecule has 0 atom stereocenters. The van der Waals surface area contributed by atoms with E-state index in [-0.39, 0.29) is 0 Å². The van der Waals surface area contributed by atoms with Gasteiger partial charge >= 0.3 is 0 Å². The normalized spacial score (nSPS) is 10.1. The molecule has 1 aromatic carbocycles. The molecule has 2 aromatic rings. The Hall–Kier alpha value is -1.60. The van der Waals surface area contributed by atoms with Gasteiger partial charge in [-0.05, 0) is 40.5 Å². The molecule has 16 heavy (non-hydrogen) atoms. The van der Waals surface area contributed by atoms with Crippen LogP contribution in [0.2, 0.25) is 0 Å². The van der Waals surface area contributed by atoms with Crippen molar-refractivity contribution in [2.75, 3.05) is 0 Å². The van der Waals surface area contributed by atoms with Crippen molar-refractivity contribution in [1.29, 1.82) is 5.26 Å². The summed E-state index contributed by atoms with van der Waals surface area (Å²) in [4.78, 5) is 4.18. The van der Waals surface area contributed by atoms with Gasteiger partial charge in [-0.15, -0.1) is 0 Å². The topological polar surface area (TPSA) is 41.6 Å².